The summed E-state index contributed by atoms with van der Waals surface area (Å²) >= 11 is 5.97. The maximum atomic E-state index is 12.3. The molecule has 0 radical (unpaired) electrons. The second-order valence-electron chi connectivity index (χ2n) is 7.87. The number of carbonyl (C=O) groups excluding carboxylic acids is 1. The lowest BCUT2D eigenvalue weighted by atomic mass is 10.2. The monoisotopic (exact) mass is 444 g/mol. The summed E-state index contributed by atoms with van der Waals surface area (Å²) < 4.78 is 11.4. The lowest BCUT2D eigenvalue weighted by molar-refractivity contribution is -0.111. The molecule has 0 aliphatic carbocycles. The Bertz CT molecular complexity index is 873. The summed E-state index contributed by atoms with van der Waals surface area (Å²) in [7, 11) is 1.60. The van der Waals surface area contributed by atoms with E-state index in [0.29, 0.717) is 40.9 Å². The molecule has 0 heterocycles. The van der Waals surface area contributed by atoms with Crippen LogP contribution in [-0.4, -0.2) is 43.2 Å². The minimum absolute atomic E-state index is 0.236. The number of hydrogen-bond acceptors (Lipinski definition) is 4. The van der Waals surface area contributed by atoms with Gasteiger partial charge in [0.1, 0.15) is 0 Å². The van der Waals surface area contributed by atoms with Gasteiger partial charge in [-0.05, 0) is 70.0 Å². The second kappa shape index (κ2) is 12.4. The Kier molecular flexibility index (Phi) is 9.89. The van der Waals surface area contributed by atoms with Crippen molar-refractivity contribution in [1.29, 1.82) is 0 Å². The quantitative estimate of drug-likeness (QED) is 0.347. The first-order valence-corrected chi connectivity index (χ1v) is 11.0. The summed E-state index contributed by atoms with van der Waals surface area (Å²) in [5, 5.41) is 3.48. The van der Waals surface area contributed by atoms with Gasteiger partial charge in [-0.25, -0.2) is 0 Å². The van der Waals surface area contributed by atoms with E-state index in [1.807, 2.05) is 12.1 Å². The van der Waals surface area contributed by atoms with Crippen LogP contribution in [-0.2, 0) is 4.79 Å². The highest BCUT2D eigenvalue weighted by molar-refractivity contribution is 6.30. The van der Waals surface area contributed by atoms with Crippen LogP contribution in [0.5, 0.6) is 11.5 Å². The SMILES string of the molecule is COc1ccc(NC(=O)/C=C/c2cccc(Cl)c2)cc1OCCCN(C(C)C)C(C)C. The van der Waals surface area contributed by atoms with Crippen LogP contribution in [0.25, 0.3) is 6.08 Å². The van der Waals surface area contributed by atoms with Gasteiger partial charge in [-0.1, -0.05) is 23.7 Å². The average Bonchev–Trinajstić information content (AvgIpc) is 2.72. The second-order valence-corrected chi connectivity index (χ2v) is 8.31. The predicted octanol–water partition coefficient (Wildman–Crippen LogP) is 5.89. The van der Waals surface area contributed by atoms with E-state index in [1.54, 1.807) is 43.5 Å². The minimum Gasteiger partial charge on any atom is -0.493 e. The van der Waals surface area contributed by atoms with Crippen molar-refractivity contribution in [3.8, 4) is 11.5 Å². The van der Waals surface area contributed by atoms with Crippen molar-refractivity contribution in [3.05, 3.63) is 59.1 Å². The molecule has 6 heteroatoms. The number of halogens is 1. The van der Waals surface area contributed by atoms with Crippen LogP contribution in [0.1, 0.15) is 39.7 Å². The summed E-state index contributed by atoms with van der Waals surface area (Å²) in [6.07, 6.45) is 4.10. The van der Waals surface area contributed by atoms with Gasteiger partial charge in [-0.15, -0.1) is 0 Å². The van der Waals surface area contributed by atoms with Crippen molar-refractivity contribution in [2.45, 2.75) is 46.2 Å². The first kappa shape index (κ1) is 24.8. The first-order valence-electron chi connectivity index (χ1n) is 10.6. The molecule has 168 valence electrons. The fourth-order valence-corrected chi connectivity index (χ4v) is 3.57. The van der Waals surface area contributed by atoms with Gasteiger partial charge in [0.05, 0.1) is 13.7 Å². The number of hydrogen-bond donors (Lipinski definition) is 1. The lowest BCUT2D eigenvalue weighted by Gasteiger charge is -2.30. The van der Waals surface area contributed by atoms with Crippen molar-refractivity contribution >= 4 is 29.3 Å². The Morgan fingerprint density at radius 3 is 2.48 bits per heavy atom. The van der Waals surface area contributed by atoms with Crippen LogP contribution in [0.3, 0.4) is 0 Å². The number of rotatable bonds is 11. The van der Waals surface area contributed by atoms with Gasteiger partial charge >= 0.3 is 0 Å². The normalized spacial score (nSPS) is 11.5. The summed E-state index contributed by atoms with van der Waals surface area (Å²) in [4.78, 5) is 14.7. The highest BCUT2D eigenvalue weighted by Crippen LogP contribution is 2.30. The molecule has 0 saturated carbocycles. The van der Waals surface area contributed by atoms with Crippen LogP contribution in [0.15, 0.2) is 48.5 Å². The van der Waals surface area contributed by atoms with Gasteiger partial charge in [0.15, 0.2) is 11.5 Å². The van der Waals surface area contributed by atoms with Gasteiger partial charge in [-0.3, -0.25) is 9.69 Å². The Labute approximate surface area is 191 Å². The summed E-state index contributed by atoms with van der Waals surface area (Å²) in [6.45, 7) is 10.3. The molecule has 0 saturated heterocycles. The zero-order valence-corrected chi connectivity index (χ0v) is 19.8. The standard InChI is InChI=1S/C25H33ClN2O3/c1-18(2)28(19(3)4)14-7-15-31-24-17-22(11-12-23(24)30-5)27-25(29)13-10-20-8-6-9-21(26)16-20/h6,8-13,16-19H,7,14-15H2,1-5H3,(H,27,29)/b13-10+. The van der Waals surface area contributed by atoms with E-state index in [2.05, 4.69) is 37.9 Å². The van der Waals surface area contributed by atoms with E-state index >= 15 is 0 Å². The van der Waals surface area contributed by atoms with E-state index < -0.39 is 0 Å². The molecule has 5 nitrogen and oxygen atoms in total. The molecule has 1 N–H and O–H groups in total. The van der Waals surface area contributed by atoms with Crippen LogP contribution in [0.4, 0.5) is 5.69 Å². The number of carbonyl (C=O) groups is 1. The molecule has 0 aliphatic rings. The van der Waals surface area contributed by atoms with E-state index in [1.165, 1.54) is 6.08 Å². The summed E-state index contributed by atoms with van der Waals surface area (Å²) in [6, 6.07) is 13.7. The molecule has 2 aromatic rings. The minimum atomic E-state index is -0.236. The van der Waals surface area contributed by atoms with Gasteiger partial charge in [0.25, 0.3) is 0 Å². The molecule has 0 unspecified atom stereocenters. The van der Waals surface area contributed by atoms with E-state index in [0.717, 1.165) is 18.5 Å². The molecular formula is C25H33ClN2O3. The Hall–Kier alpha value is -2.50. The third-order valence-corrected chi connectivity index (χ3v) is 5.09. The van der Waals surface area contributed by atoms with Crippen LogP contribution < -0.4 is 14.8 Å². The van der Waals surface area contributed by atoms with Crippen LogP contribution in [0.2, 0.25) is 5.02 Å². The third kappa shape index (κ3) is 8.27. The van der Waals surface area contributed by atoms with Crippen molar-refractivity contribution in [1.82, 2.24) is 4.90 Å². The fourth-order valence-electron chi connectivity index (χ4n) is 3.38. The Morgan fingerprint density at radius 2 is 1.84 bits per heavy atom. The maximum absolute atomic E-state index is 12.3. The molecule has 2 rings (SSSR count). The van der Waals surface area contributed by atoms with Gasteiger partial charge in [0, 0.05) is 41.5 Å². The molecule has 0 aromatic heterocycles. The summed E-state index contributed by atoms with van der Waals surface area (Å²) in [5.41, 5.74) is 1.50. The van der Waals surface area contributed by atoms with Gasteiger partial charge < -0.3 is 14.8 Å². The molecule has 2 aromatic carbocycles. The highest BCUT2D eigenvalue weighted by atomic mass is 35.5. The number of nitrogens with one attached hydrogen (secondary N) is 1. The van der Waals surface area contributed by atoms with Crippen molar-refractivity contribution in [2.75, 3.05) is 25.6 Å². The van der Waals surface area contributed by atoms with Crippen molar-refractivity contribution in [3.63, 3.8) is 0 Å². The fraction of sp³-hybridized carbons (Fsp3) is 0.400. The number of methoxy groups -OCH3 is 1. The molecule has 0 atom stereocenters. The van der Waals surface area contributed by atoms with E-state index in [9.17, 15) is 4.79 Å². The highest BCUT2D eigenvalue weighted by Gasteiger charge is 2.13. The average molecular weight is 445 g/mol. The number of amides is 1. The Balaban J connectivity index is 1.95. The topological polar surface area (TPSA) is 50.8 Å². The number of benzene rings is 2. The molecule has 1 amide bonds. The van der Waals surface area contributed by atoms with E-state index in [4.69, 9.17) is 21.1 Å². The predicted molar refractivity (Wildman–Crippen MR) is 129 cm³/mol. The first-order chi connectivity index (χ1) is 14.8. The van der Waals surface area contributed by atoms with E-state index in [-0.39, 0.29) is 5.91 Å². The smallest absolute Gasteiger partial charge is 0.248 e. The zero-order valence-electron chi connectivity index (χ0n) is 19.0. The maximum Gasteiger partial charge on any atom is 0.248 e. The van der Waals surface area contributed by atoms with Crippen LogP contribution in [0, 0.1) is 0 Å². The third-order valence-electron chi connectivity index (χ3n) is 4.85. The Morgan fingerprint density at radius 1 is 1.10 bits per heavy atom. The number of anilines is 1. The molecule has 0 spiro atoms. The summed E-state index contributed by atoms with van der Waals surface area (Å²) in [5.74, 6) is 1.01. The molecule has 0 fully saturated rings. The largest absolute Gasteiger partial charge is 0.493 e. The molecule has 0 aliphatic heterocycles. The zero-order chi connectivity index (χ0) is 22.8. The van der Waals surface area contributed by atoms with Gasteiger partial charge in [0.2, 0.25) is 5.91 Å². The molecule has 0 bridgehead atoms. The van der Waals surface area contributed by atoms with Crippen molar-refractivity contribution < 1.29 is 14.3 Å². The lowest BCUT2D eigenvalue weighted by Crippen LogP contribution is -2.38. The molecule has 31 heavy (non-hydrogen) atoms. The number of ether oxygens (including phenoxy) is 2. The van der Waals surface area contributed by atoms with Crippen molar-refractivity contribution in [2.24, 2.45) is 0 Å². The molecular weight excluding hydrogens is 412 g/mol. The van der Waals surface area contributed by atoms with Crippen LogP contribution >= 0.6 is 11.6 Å². The number of nitrogens with zero attached hydrogens (tertiary/aromatic N) is 1. The van der Waals surface area contributed by atoms with Gasteiger partial charge in [-0.2, -0.15) is 0 Å².